The lowest BCUT2D eigenvalue weighted by molar-refractivity contribution is -0.0870. The molecule has 0 aromatic carbocycles. The fraction of sp³-hybridized carbons (Fsp3) is 0.929. The van der Waals surface area contributed by atoms with Gasteiger partial charge in [-0.2, -0.15) is 0 Å². The minimum absolute atomic E-state index is 0.158. The molecular formula is C14H26N2O3. The maximum atomic E-state index is 12.4. The first-order chi connectivity index (χ1) is 8.87. The van der Waals surface area contributed by atoms with Crippen LogP contribution in [0.1, 0.15) is 46.5 Å². The van der Waals surface area contributed by atoms with E-state index in [1.54, 1.807) is 0 Å². The monoisotopic (exact) mass is 270 g/mol. The lowest BCUT2D eigenvalue weighted by Crippen LogP contribution is -2.58. The summed E-state index contributed by atoms with van der Waals surface area (Å²) < 4.78 is 10.8. The summed E-state index contributed by atoms with van der Waals surface area (Å²) in [6.45, 7) is 6.92. The van der Waals surface area contributed by atoms with Crippen molar-refractivity contribution in [3.63, 3.8) is 0 Å². The third-order valence-electron chi connectivity index (χ3n) is 3.70. The topological polar surface area (TPSA) is 64.8 Å². The number of carbonyl (C=O) groups is 1. The standard InChI is InChI=1S/C14H26N2O3/c1-14(2,3)19-13(17)16(12-8-18-9-12)11-6-4-5-10(15)7-11/h10-12H,4-9,15H2,1-3H3. The van der Waals surface area contributed by atoms with Crippen LogP contribution in [-0.2, 0) is 9.47 Å². The van der Waals surface area contributed by atoms with Gasteiger partial charge in [-0.15, -0.1) is 0 Å². The fourth-order valence-corrected chi connectivity index (χ4v) is 2.75. The fourth-order valence-electron chi connectivity index (χ4n) is 2.75. The molecule has 1 saturated carbocycles. The minimum atomic E-state index is -0.462. The van der Waals surface area contributed by atoms with Crippen LogP contribution in [0.4, 0.5) is 4.79 Å². The van der Waals surface area contributed by atoms with E-state index in [4.69, 9.17) is 15.2 Å². The zero-order chi connectivity index (χ0) is 14.0. The molecule has 2 aliphatic rings. The van der Waals surface area contributed by atoms with Crippen molar-refractivity contribution in [2.75, 3.05) is 13.2 Å². The zero-order valence-corrected chi connectivity index (χ0v) is 12.2. The molecule has 2 atom stereocenters. The van der Waals surface area contributed by atoms with Crippen molar-refractivity contribution in [1.82, 2.24) is 4.90 Å². The van der Waals surface area contributed by atoms with Crippen LogP contribution in [0.5, 0.6) is 0 Å². The van der Waals surface area contributed by atoms with Crippen molar-refractivity contribution >= 4 is 6.09 Å². The van der Waals surface area contributed by atoms with Gasteiger partial charge >= 0.3 is 6.09 Å². The SMILES string of the molecule is CC(C)(C)OC(=O)N(C1COC1)C1CCCC(N)C1. The van der Waals surface area contributed by atoms with E-state index in [1.807, 2.05) is 25.7 Å². The van der Waals surface area contributed by atoms with Gasteiger partial charge in [-0.25, -0.2) is 4.79 Å². The molecule has 19 heavy (non-hydrogen) atoms. The van der Waals surface area contributed by atoms with E-state index in [0.717, 1.165) is 25.7 Å². The number of ether oxygens (including phenoxy) is 2. The lowest BCUT2D eigenvalue weighted by Gasteiger charge is -2.44. The summed E-state index contributed by atoms with van der Waals surface area (Å²) in [7, 11) is 0. The molecule has 0 radical (unpaired) electrons. The highest BCUT2D eigenvalue weighted by Gasteiger charge is 2.39. The smallest absolute Gasteiger partial charge is 0.410 e. The predicted molar refractivity (Wildman–Crippen MR) is 72.9 cm³/mol. The molecule has 1 aliphatic heterocycles. The van der Waals surface area contributed by atoms with E-state index in [2.05, 4.69) is 0 Å². The Hall–Kier alpha value is -0.810. The maximum Gasteiger partial charge on any atom is 0.410 e. The van der Waals surface area contributed by atoms with Crippen molar-refractivity contribution in [3.05, 3.63) is 0 Å². The maximum absolute atomic E-state index is 12.4. The van der Waals surface area contributed by atoms with Crippen LogP contribution in [0.3, 0.4) is 0 Å². The molecule has 5 heteroatoms. The highest BCUT2D eigenvalue weighted by atomic mass is 16.6. The minimum Gasteiger partial charge on any atom is -0.444 e. The Balaban J connectivity index is 2.04. The van der Waals surface area contributed by atoms with E-state index in [1.165, 1.54) is 0 Å². The van der Waals surface area contributed by atoms with Crippen LogP contribution in [0, 0.1) is 0 Å². The van der Waals surface area contributed by atoms with Gasteiger partial charge in [-0.3, -0.25) is 4.90 Å². The summed E-state index contributed by atoms with van der Waals surface area (Å²) in [5, 5.41) is 0. The molecule has 0 aromatic heterocycles. The van der Waals surface area contributed by atoms with Crippen LogP contribution >= 0.6 is 0 Å². The highest BCUT2D eigenvalue weighted by molar-refractivity contribution is 5.69. The quantitative estimate of drug-likeness (QED) is 0.832. The first-order valence-electron chi connectivity index (χ1n) is 7.21. The van der Waals surface area contributed by atoms with Gasteiger partial charge in [0.25, 0.3) is 0 Å². The second-order valence-electron chi connectivity index (χ2n) is 6.66. The van der Waals surface area contributed by atoms with Gasteiger partial charge < -0.3 is 15.2 Å². The van der Waals surface area contributed by atoms with Gasteiger partial charge in [0.05, 0.1) is 19.3 Å². The normalized spacial score (nSPS) is 28.6. The lowest BCUT2D eigenvalue weighted by atomic mass is 9.89. The van der Waals surface area contributed by atoms with E-state index < -0.39 is 5.60 Å². The summed E-state index contributed by atoms with van der Waals surface area (Å²) in [6.07, 6.45) is 3.80. The summed E-state index contributed by atoms with van der Waals surface area (Å²) >= 11 is 0. The third-order valence-corrected chi connectivity index (χ3v) is 3.70. The van der Waals surface area contributed by atoms with Gasteiger partial charge in [0, 0.05) is 12.1 Å². The van der Waals surface area contributed by atoms with Crippen molar-refractivity contribution < 1.29 is 14.3 Å². The molecule has 1 amide bonds. The molecule has 2 rings (SSSR count). The molecule has 1 aliphatic carbocycles. The molecule has 2 fully saturated rings. The summed E-state index contributed by atoms with van der Waals surface area (Å²) in [4.78, 5) is 14.3. The average Bonchev–Trinajstić information content (AvgIpc) is 2.20. The number of hydrogen-bond donors (Lipinski definition) is 1. The summed E-state index contributed by atoms with van der Waals surface area (Å²) in [5.41, 5.74) is 5.58. The number of nitrogens with zero attached hydrogens (tertiary/aromatic N) is 1. The highest BCUT2D eigenvalue weighted by Crippen LogP contribution is 2.27. The molecule has 0 aromatic rings. The number of amides is 1. The second kappa shape index (κ2) is 5.67. The van der Waals surface area contributed by atoms with E-state index >= 15 is 0 Å². The first-order valence-corrected chi connectivity index (χ1v) is 7.21. The Morgan fingerprint density at radius 3 is 2.42 bits per heavy atom. The van der Waals surface area contributed by atoms with E-state index in [-0.39, 0.29) is 24.2 Å². The van der Waals surface area contributed by atoms with Gasteiger partial charge in [0.15, 0.2) is 0 Å². The molecule has 0 bridgehead atoms. The summed E-state index contributed by atoms with van der Waals surface area (Å²) in [5.74, 6) is 0. The Labute approximate surface area is 115 Å². The zero-order valence-electron chi connectivity index (χ0n) is 12.2. The number of nitrogens with two attached hydrogens (primary N) is 1. The van der Waals surface area contributed by atoms with Crippen molar-refractivity contribution in [1.29, 1.82) is 0 Å². The Bertz CT molecular complexity index is 323. The van der Waals surface area contributed by atoms with Gasteiger partial charge in [-0.05, 0) is 46.5 Å². The molecule has 1 heterocycles. The Kier molecular flexibility index (Phi) is 4.36. The third kappa shape index (κ3) is 3.83. The molecule has 110 valence electrons. The van der Waals surface area contributed by atoms with Crippen LogP contribution in [0.25, 0.3) is 0 Å². The van der Waals surface area contributed by atoms with Crippen molar-refractivity contribution in [2.24, 2.45) is 5.73 Å². The van der Waals surface area contributed by atoms with E-state index in [9.17, 15) is 4.79 Å². The van der Waals surface area contributed by atoms with Crippen LogP contribution in [0.2, 0.25) is 0 Å². The van der Waals surface area contributed by atoms with Gasteiger partial charge in [0.2, 0.25) is 0 Å². The number of carbonyl (C=O) groups excluding carboxylic acids is 1. The molecule has 0 spiro atoms. The number of rotatable bonds is 2. The average molecular weight is 270 g/mol. The molecule has 1 saturated heterocycles. The van der Waals surface area contributed by atoms with Gasteiger partial charge in [-0.1, -0.05) is 0 Å². The van der Waals surface area contributed by atoms with Crippen molar-refractivity contribution in [3.8, 4) is 0 Å². The predicted octanol–water partition coefficient (Wildman–Crippen LogP) is 1.89. The first kappa shape index (κ1) is 14.6. The van der Waals surface area contributed by atoms with Crippen LogP contribution in [-0.4, -0.2) is 47.9 Å². The molecule has 2 N–H and O–H groups in total. The van der Waals surface area contributed by atoms with Gasteiger partial charge in [0.1, 0.15) is 5.60 Å². The number of hydrogen-bond acceptors (Lipinski definition) is 4. The molecule has 5 nitrogen and oxygen atoms in total. The molecular weight excluding hydrogens is 244 g/mol. The van der Waals surface area contributed by atoms with Crippen LogP contribution in [0.15, 0.2) is 0 Å². The second-order valence-corrected chi connectivity index (χ2v) is 6.66. The Morgan fingerprint density at radius 1 is 1.26 bits per heavy atom. The summed E-state index contributed by atoms with van der Waals surface area (Å²) in [6, 6.07) is 0.558. The van der Waals surface area contributed by atoms with Crippen LogP contribution < -0.4 is 5.73 Å². The van der Waals surface area contributed by atoms with Crippen molar-refractivity contribution in [2.45, 2.75) is 70.2 Å². The molecule has 2 unspecified atom stereocenters. The Morgan fingerprint density at radius 2 is 1.95 bits per heavy atom. The largest absolute Gasteiger partial charge is 0.444 e. The van der Waals surface area contributed by atoms with E-state index in [0.29, 0.717) is 13.2 Å².